The molecule has 32 heavy (non-hydrogen) atoms. The first-order chi connectivity index (χ1) is 15.4. The van der Waals surface area contributed by atoms with Gasteiger partial charge in [0.05, 0.1) is 0 Å². The molecule has 0 radical (unpaired) electrons. The van der Waals surface area contributed by atoms with Crippen molar-refractivity contribution >= 4 is 17.8 Å². The quantitative estimate of drug-likeness (QED) is 0.189. The highest BCUT2D eigenvalue weighted by atomic mass is 16.6. The highest BCUT2D eigenvalue weighted by Gasteiger charge is 2.17. The van der Waals surface area contributed by atoms with Crippen LogP contribution in [0.2, 0.25) is 0 Å². The molecule has 0 saturated carbocycles. The lowest BCUT2D eigenvalue weighted by atomic mass is 10.0. The van der Waals surface area contributed by atoms with Crippen LogP contribution in [0, 0.1) is 0 Å². The Labute approximate surface area is 195 Å². The summed E-state index contributed by atoms with van der Waals surface area (Å²) in [7, 11) is 0. The average molecular weight is 458 g/mol. The molecule has 0 aromatic carbocycles. The van der Waals surface area contributed by atoms with Gasteiger partial charge in [0.15, 0.2) is 0 Å². The van der Waals surface area contributed by atoms with E-state index in [0.717, 1.165) is 19.3 Å². The molecule has 0 saturated heterocycles. The van der Waals surface area contributed by atoms with Gasteiger partial charge in [0, 0.05) is 13.3 Å². The van der Waals surface area contributed by atoms with Crippen molar-refractivity contribution in [1.29, 1.82) is 0 Å². The molecule has 0 aliphatic carbocycles. The van der Waals surface area contributed by atoms with Gasteiger partial charge < -0.3 is 19.9 Å². The number of hydrogen-bond acceptors (Lipinski definition) is 6. The number of hydrogen-bond donors (Lipinski definition) is 2. The minimum absolute atomic E-state index is 0.209. The molecule has 0 rings (SSSR count). The van der Waals surface area contributed by atoms with Crippen LogP contribution in [-0.4, -0.2) is 48.3 Å². The smallest absolute Gasteiger partial charge is 0.328 e. The van der Waals surface area contributed by atoms with E-state index < -0.39 is 18.1 Å². The van der Waals surface area contributed by atoms with Crippen LogP contribution in [0.5, 0.6) is 0 Å². The molecule has 0 spiro atoms. The third-order valence-corrected chi connectivity index (χ3v) is 5.36. The molecule has 2 atom stereocenters. The lowest BCUT2D eigenvalue weighted by Crippen LogP contribution is -2.39. The minimum atomic E-state index is -1.08. The first-order valence-corrected chi connectivity index (χ1v) is 12.6. The Kier molecular flexibility index (Phi) is 20.1. The van der Waals surface area contributed by atoms with Crippen molar-refractivity contribution in [2.75, 3.05) is 13.2 Å². The maximum Gasteiger partial charge on any atom is 0.328 e. The van der Waals surface area contributed by atoms with Crippen molar-refractivity contribution in [3.8, 4) is 0 Å². The molecule has 0 bridgehead atoms. The van der Waals surface area contributed by atoms with Gasteiger partial charge in [-0.1, -0.05) is 90.4 Å². The fourth-order valence-corrected chi connectivity index (χ4v) is 3.44. The van der Waals surface area contributed by atoms with Crippen molar-refractivity contribution in [1.82, 2.24) is 5.32 Å². The van der Waals surface area contributed by atoms with E-state index in [1.807, 2.05) is 0 Å². The molecule has 0 aromatic rings. The van der Waals surface area contributed by atoms with Crippen LogP contribution in [0.4, 0.5) is 0 Å². The summed E-state index contributed by atoms with van der Waals surface area (Å²) in [6.07, 6.45) is 16.9. The fourth-order valence-electron chi connectivity index (χ4n) is 3.44. The van der Waals surface area contributed by atoms with Crippen molar-refractivity contribution < 1.29 is 29.0 Å². The number of rotatable bonds is 21. The van der Waals surface area contributed by atoms with Gasteiger partial charge in [-0.2, -0.15) is 0 Å². The number of amides is 1. The molecular weight excluding hydrogens is 410 g/mol. The van der Waals surface area contributed by atoms with E-state index in [1.165, 1.54) is 84.5 Å². The molecule has 7 heteroatoms. The number of aliphatic hydroxyl groups is 1. The Hall–Kier alpha value is -1.63. The lowest BCUT2D eigenvalue weighted by Gasteiger charge is -2.15. The maximum absolute atomic E-state index is 11.7. The molecule has 7 nitrogen and oxygen atoms in total. The van der Waals surface area contributed by atoms with Crippen LogP contribution in [0.3, 0.4) is 0 Å². The van der Waals surface area contributed by atoms with Crippen molar-refractivity contribution in [3.05, 3.63) is 0 Å². The zero-order valence-electron chi connectivity index (χ0n) is 20.7. The van der Waals surface area contributed by atoms with Gasteiger partial charge in [-0.05, 0) is 13.3 Å². The van der Waals surface area contributed by atoms with E-state index in [4.69, 9.17) is 9.47 Å². The molecule has 188 valence electrons. The Bertz CT molecular complexity index is 497. The fraction of sp³-hybridized carbons (Fsp3) is 0.880. The van der Waals surface area contributed by atoms with Gasteiger partial charge in [0.25, 0.3) is 0 Å². The Morgan fingerprint density at radius 1 is 0.750 bits per heavy atom. The number of nitrogens with one attached hydrogen (secondary N) is 1. The highest BCUT2D eigenvalue weighted by Crippen LogP contribution is 2.13. The summed E-state index contributed by atoms with van der Waals surface area (Å²) >= 11 is 0. The molecule has 1 amide bonds. The predicted octanol–water partition coefficient (Wildman–Crippen LogP) is 4.83. The van der Waals surface area contributed by atoms with E-state index in [-0.39, 0.29) is 25.1 Å². The van der Waals surface area contributed by atoms with Crippen LogP contribution >= 0.6 is 0 Å². The second-order valence-corrected chi connectivity index (χ2v) is 8.74. The second kappa shape index (κ2) is 21.2. The number of esters is 2. The summed E-state index contributed by atoms with van der Waals surface area (Å²) in [5, 5.41) is 12.2. The van der Waals surface area contributed by atoms with Crippen LogP contribution < -0.4 is 5.32 Å². The first kappa shape index (κ1) is 30.4. The number of unbranched alkanes of at least 4 members (excludes halogenated alkanes) is 13. The minimum Gasteiger partial charge on any atom is -0.463 e. The molecule has 0 aliphatic heterocycles. The first-order valence-electron chi connectivity index (χ1n) is 12.6. The maximum atomic E-state index is 11.7. The van der Waals surface area contributed by atoms with Gasteiger partial charge in [-0.25, -0.2) is 4.79 Å². The summed E-state index contributed by atoms with van der Waals surface area (Å²) in [6, 6.07) is -0.789. The Balaban J connectivity index is 3.47. The lowest BCUT2D eigenvalue weighted by molar-refractivity contribution is -0.154. The normalized spacial score (nSPS) is 12.8. The summed E-state index contributed by atoms with van der Waals surface area (Å²) in [5.74, 6) is -1.33. The number of ether oxygens (including phenoxy) is 2. The van der Waals surface area contributed by atoms with E-state index in [1.54, 1.807) is 0 Å². The van der Waals surface area contributed by atoms with Gasteiger partial charge in [0.1, 0.15) is 25.4 Å². The largest absolute Gasteiger partial charge is 0.463 e. The van der Waals surface area contributed by atoms with Gasteiger partial charge in [-0.15, -0.1) is 0 Å². The van der Waals surface area contributed by atoms with Crippen molar-refractivity contribution in [3.63, 3.8) is 0 Å². The molecule has 2 N–H and O–H groups in total. The van der Waals surface area contributed by atoms with Crippen molar-refractivity contribution in [2.45, 2.75) is 129 Å². The third-order valence-electron chi connectivity index (χ3n) is 5.36. The Morgan fingerprint density at radius 3 is 1.66 bits per heavy atom. The van der Waals surface area contributed by atoms with E-state index in [0.29, 0.717) is 6.42 Å². The highest BCUT2D eigenvalue weighted by molar-refractivity contribution is 5.82. The molecule has 0 aromatic heterocycles. The summed E-state index contributed by atoms with van der Waals surface area (Å²) < 4.78 is 9.91. The van der Waals surface area contributed by atoms with Crippen LogP contribution in [0.25, 0.3) is 0 Å². The van der Waals surface area contributed by atoms with Gasteiger partial charge >= 0.3 is 11.9 Å². The number of aliphatic hydroxyl groups excluding tert-OH is 1. The SMILES string of the molecule is CCCCCCCCCCCCCCCCC(=O)OCC(O)COC(=O)[C@@H](C)NC(C)=O. The van der Waals surface area contributed by atoms with E-state index in [9.17, 15) is 19.5 Å². The summed E-state index contributed by atoms with van der Waals surface area (Å²) in [4.78, 5) is 34.3. The van der Waals surface area contributed by atoms with E-state index >= 15 is 0 Å². The zero-order chi connectivity index (χ0) is 24.0. The topological polar surface area (TPSA) is 102 Å². The second-order valence-electron chi connectivity index (χ2n) is 8.74. The number of carbonyl (C=O) groups excluding carboxylic acids is 3. The van der Waals surface area contributed by atoms with Crippen molar-refractivity contribution in [2.24, 2.45) is 0 Å². The molecule has 0 heterocycles. The molecule has 1 unspecified atom stereocenters. The predicted molar refractivity (Wildman–Crippen MR) is 126 cm³/mol. The third kappa shape index (κ3) is 20.3. The Morgan fingerprint density at radius 2 is 1.19 bits per heavy atom. The molecule has 0 aliphatic rings. The zero-order valence-corrected chi connectivity index (χ0v) is 20.7. The van der Waals surface area contributed by atoms with Crippen LogP contribution in [-0.2, 0) is 23.9 Å². The van der Waals surface area contributed by atoms with Crippen LogP contribution in [0.1, 0.15) is 117 Å². The monoisotopic (exact) mass is 457 g/mol. The standard InChI is InChI=1S/C25H47NO6/c1-4-5-6-7-8-9-10-11-12-13-14-15-16-17-18-24(29)31-19-23(28)20-32-25(30)21(2)26-22(3)27/h21,23,28H,4-20H2,1-3H3,(H,26,27)/t21-,23?/m1/s1. The number of carbonyl (C=O) groups is 3. The van der Waals surface area contributed by atoms with E-state index in [2.05, 4.69) is 12.2 Å². The molecule has 0 fully saturated rings. The summed E-state index contributed by atoms with van der Waals surface area (Å²) in [6.45, 7) is 4.55. The van der Waals surface area contributed by atoms with Gasteiger partial charge in [0.2, 0.25) is 5.91 Å². The molecular formula is C25H47NO6. The summed E-state index contributed by atoms with van der Waals surface area (Å²) in [5.41, 5.74) is 0. The van der Waals surface area contributed by atoms with Crippen LogP contribution in [0.15, 0.2) is 0 Å². The van der Waals surface area contributed by atoms with Gasteiger partial charge in [-0.3, -0.25) is 9.59 Å². The average Bonchev–Trinajstić information content (AvgIpc) is 2.75.